The van der Waals surface area contributed by atoms with Crippen LogP contribution in [0.1, 0.15) is 57.8 Å². The predicted molar refractivity (Wildman–Crippen MR) is 105 cm³/mol. The summed E-state index contributed by atoms with van der Waals surface area (Å²) in [6.45, 7) is 0. The Bertz CT molecular complexity index is 519. The largest absolute Gasteiger partial charge is 0.481 e. The molecule has 0 amide bonds. The van der Waals surface area contributed by atoms with Crippen LogP contribution in [-0.2, 0) is 9.59 Å². The van der Waals surface area contributed by atoms with E-state index in [9.17, 15) is 19.8 Å². The minimum atomic E-state index is -0.861. The maximum absolute atomic E-state index is 10.4. The van der Waals surface area contributed by atoms with Gasteiger partial charge in [-0.05, 0) is 38.5 Å². The lowest BCUT2D eigenvalue weighted by Gasteiger charge is -2.02. The molecule has 0 saturated carbocycles. The number of aliphatic hydroxyl groups is 2. The second-order valence-electron chi connectivity index (χ2n) is 6.28. The van der Waals surface area contributed by atoms with Crippen molar-refractivity contribution in [3.63, 3.8) is 0 Å². The minimum absolute atomic E-state index is 0.0561. The van der Waals surface area contributed by atoms with E-state index in [-0.39, 0.29) is 12.8 Å². The highest BCUT2D eigenvalue weighted by Crippen LogP contribution is 2.05. The van der Waals surface area contributed by atoms with Crippen LogP contribution in [0.5, 0.6) is 0 Å². The highest BCUT2D eigenvalue weighted by Gasteiger charge is 2.01. The average molecular weight is 380 g/mol. The molecule has 0 fully saturated rings. The van der Waals surface area contributed by atoms with E-state index < -0.39 is 24.1 Å². The molecule has 0 radical (unpaired) electrons. The Hall–Kier alpha value is -2.18. The van der Waals surface area contributed by atoms with Gasteiger partial charge in [-0.2, -0.15) is 0 Å². The van der Waals surface area contributed by atoms with Gasteiger partial charge in [0, 0.05) is 12.8 Å². The summed E-state index contributed by atoms with van der Waals surface area (Å²) in [7, 11) is 0. The van der Waals surface area contributed by atoms with Crippen molar-refractivity contribution in [3.8, 4) is 0 Å². The standard InChI is InChI=1S/C21H32O6/c22-18(12-7-3-1-2-4-10-16-20(24)25)13-8-5-6-9-14-19(23)15-11-17-21(26)27/h3,5-9,13-14,18-19,22-23H,1-2,4,10-12,15-17H2,(H,24,25)(H,26,27)/b6-5+,7-3+,13-8+,14-9+/t18-,19-/m0/s1. The van der Waals surface area contributed by atoms with Gasteiger partial charge >= 0.3 is 11.9 Å². The highest BCUT2D eigenvalue weighted by molar-refractivity contribution is 5.66. The third-order valence-corrected chi connectivity index (χ3v) is 3.70. The first-order chi connectivity index (χ1) is 12.9. The number of aliphatic hydroxyl groups excluding tert-OH is 2. The fourth-order valence-electron chi connectivity index (χ4n) is 2.22. The lowest BCUT2D eigenvalue weighted by Crippen LogP contribution is -2.03. The summed E-state index contributed by atoms with van der Waals surface area (Å²) in [5.74, 6) is -1.61. The molecule has 0 spiro atoms. The molecule has 0 unspecified atom stereocenters. The number of unbranched alkanes of at least 4 members (excludes halogenated alkanes) is 3. The van der Waals surface area contributed by atoms with Crippen molar-refractivity contribution in [2.75, 3.05) is 0 Å². The van der Waals surface area contributed by atoms with Crippen molar-refractivity contribution in [3.05, 3.63) is 48.6 Å². The number of aliphatic carboxylic acids is 2. The molecule has 0 aliphatic rings. The molecule has 27 heavy (non-hydrogen) atoms. The van der Waals surface area contributed by atoms with Crippen LogP contribution in [0.15, 0.2) is 48.6 Å². The molecular weight excluding hydrogens is 348 g/mol. The van der Waals surface area contributed by atoms with Crippen LogP contribution in [0.2, 0.25) is 0 Å². The number of hydrogen-bond acceptors (Lipinski definition) is 4. The van der Waals surface area contributed by atoms with Gasteiger partial charge < -0.3 is 20.4 Å². The quantitative estimate of drug-likeness (QED) is 0.185. The van der Waals surface area contributed by atoms with Gasteiger partial charge in [0.15, 0.2) is 0 Å². The molecule has 0 aliphatic heterocycles. The zero-order valence-corrected chi connectivity index (χ0v) is 15.7. The Morgan fingerprint density at radius 3 is 1.93 bits per heavy atom. The molecule has 4 N–H and O–H groups in total. The fourth-order valence-corrected chi connectivity index (χ4v) is 2.22. The van der Waals surface area contributed by atoms with Gasteiger partial charge in [-0.25, -0.2) is 0 Å². The summed E-state index contributed by atoms with van der Waals surface area (Å²) in [5, 5.41) is 36.4. The number of carbonyl (C=O) groups is 2. The van der Waals surface area contributed by atoms with Crippen molar-refractivity contribution in [1.29, 1.82) is 0 Å². The molecule has 152 valence electrons. The topological polar surface area (TPSA) is 115 Å². The van der Waals surface area contributed by atoms with E-state index in [0.29, 0.717) is 25.7 Å². The zero-order valence-electron chi connectivity index (χ0n) is 15.7. The molecule has 0 bridgehead atoms. The molecule has 6 nitrogen and oxygen atoms in total. The van der Waals surface area contributed by atoms with Crippen molar-refractivity contribution < 1.29 is 30.0 Å². The SMILES string of the molecule is O=C(O)CCCCC/C=C/C[C@H](O)/C=C/C=C/C=C/[C@H](O)CCCC(=O)O. The van der Waals surface area contributed by atoms with Gasteiger partial charge in [-0.15, -0.1) is 0 Å². The van der Waals surface area contributed by atoms with Gasteiger partial charge in [0.1, 0.15) is 0 Å². The first kappa shape index (κ1) is 24.8. The monoisotopic (exact) mass is 380 g/mol. The number of carboxylic acid groups (broad SMARTS) is 2. The zero-order chi connectivity index (χ0) is 20.3. The van der Waals surface area contributed by atoms with E-state index in [1.165, 1.54) is 0 Å². The molecule has 0 saturated heterocycles. The number of carboxylic acids is 2. The first-order valence-electron chi connectivity index (χ1n) is 9.38. The van der Waals surface area contributed by atoms with Crippen LogP contribution in [-0.4, -0.2) is 44.6 Å². The van der Waals surface area contributed by atoms with Crippen molar-refractivity contribution >= 4 is 11.9 Å². The first-order valence-corrected chi connectivity index (χ1v) is 9.38. The lowest BCUT2D eigenvalue weighted by atomic mass is 10.1. The van der Waals surface area contributed by atoms with Crippen molar-refractivity contribution in [2.45, 2.75) is 70.0 Å². The second-order valence-corrected chi connectivity index (χ2v) is 6.28. The molecule has 0 aromatic heterocycles. The predicted octanol–water partition coefficient (Wildman–Crippen LogP) is 3.61. The molecular formula is C21H32O6. The van der Waals surface area contributed by atoms with Crippen LogP contribution in [0.25, 0.3) is 0 Å². The molecule has 6 heteroatoms. The lowest BCUT2D eigenvalue weighted by molar-refractivity contribution is -0.138. The Labute approximate surface area is 161 Å². The van der Waals surface area contributed by atoms with Crippen LogP contribution in [0.3, 0.4) is 0 Å². The Kier molecular flexibility index (Phi) is 15.9. The van der Waals surface area contributed by atoms with E-state index in [4.69, 9.17) is 10.2 Å². The third-order valence-electron chi connectivity index (χ3n) is 3.70. The van der Waals surface area contributed by atoms with Crippen LogP contribution in [0, 0.1) is 0 Å². The highest BCUT2D eigenvalue weighted by atomic mass is 16.4. The van der Waals surface area contributed by atoms with Gasteiger partial charge in [0.05, 0.1) is 12.2 Å². The summed E-state index contributed by atoms with van der Waals surface area (Å²) < 4.78 is 0. The van der Waals surface area contributed by atoms with E-state index in [2.05, 4.69) is 0 Å². The van der Waals surface area contributed by atoms with Crippen molar-refractivity contribution in [1.82, 2.24) is 0 Å². The Morgan fingerprint density at radius 2 is 1.30 bits per heavy atom. The van der Waals surface area contributed by atoms with Crippen LogP contribution in [0.4, 0.5) is 0 Å². The van der Waals surface area contributed by atoms with Gasteiger partial charge in [-0.3, -0.25) is 9.59 Å². The van der Waals surface area contributed by atoms with Crippen molar-refractivity contribution in [2.24, 2.45) is 0 Å². The Balaban J connectivity index is 3.77. The third kappa shape index (κ3) is 20.0. The number of hydrogen-bond donors (Lipinski definition) is 4. The maximum atomic E-state index is 10.4. The normalized spacial score (nSPS) is 14.6. The Morgan fingerprint density at radius 1 is 0.704 bits per heavy atom. The van der Waals surface area contributed by atoms with E-state index >= 15 is 0 Å². The number of allylic oxidation sites excluding steroid dienone is 5. The van der Waals surface area contributed by atoms with Gasteiger partial charge in [0.2, 0.25) is 0 Å². The molecule has 2 atom stereocenters. The molecule has 0 rings (SSSR count). The maximum Gasteiger partial charge on any atom is 0.303 e. The molecule has 0 heterocycles. The van der Waals surface area contributed by atoms with E-state index in [1.807, 2.05) is 12.2 Å². The molecule has 0 aliphatic carbocycles. The van der Waals surface area contributed by atoms with Crippen LogP contribution < -0.4 is 0 Å². The van der Waals surface area contributed by atoms with E-state index in [1.54, 1.807) is 36.5 Å². The van der Waals surface area contributed by atoms with Crippen LogP contribution >= 0.6 is 0 Å². The minimum Gasteiger partial charge on any atom is -0.481 e. The summed E-state index contributed by atoms with van der Waals surface area (Å²) in [6.07, 6.45) is 18.0. The smallest absolute Gasteiger partial charge is 0.303 e. The molecule has 0 aromatic rings. The van der Waals surface area contributed by atoms with Gasteiger partial charge in [-0.1, -0.05) is 55.0 Å². The summed E-state index contributed by atoms with van der Waals surface area (Å²) in [4.78, 5) is 20.7. The molecule has 0 aromatic carbocycles. The van der Waals surface area contributed by atoms with Gasteiger partial charge in [0.25, 0.3) is 0 Å². The number of rotatable bonds is 16. The summed E-state index contributed by atoms with van der Waals surface area (Å²) in [6, 6.07) is 0. The average Bonchev–Trinajstić information content (AvgIpc) is 2.59. The van der Waals surface area contributed by atoms with E-state index in [0.717, 1.165) is 19.3 Å². The second kappa shape index (κ2) is 17.2. The summed E-state index contributed by atoms with van der Waals surface area (Å²) in [5.41, 5.74) is 0. The fraction of sp³-hybridized carbons (Fsp3) is 0.524. The summed E-state index contributed by atoms with van der Waals surface area (Å²) >= 11 is 0.